The van der Waals surface area contributed by atoms with E-state index in [9.17, 15) is 0 Å². The molecule has 0 saturated carbocycles. The fraction of sp³-hybridized carbons (Fsp3) is 0.750. The highest BCUT2D eigenvalue weighted by molar-refractivity contribution is 6.18. The van der Waals surface area contributed by atoms with E-state index in [1.54, 1.807) is 0 Å². The summed E-state index contributed by atoms with van der Waals surface area (Å²) in [6.45, 7) is 0.887. The molecule has 1 rings (SSSR count). The zero-order chi connectivity index (χ0) is 8.97. The number of hydrogen-bond acceptors (Lipinski definition) is 2. The Morgan fingerprint density at radius 3 is 2.58 bits per heavy atom. The lowest BCUT2D eigenvalue weighted by Crippen LogP contribution is -2.19. The Bertz CT molecular complexity index is 180. The summed E-state index contributed by atoms with van der Waals surface area (Å²) in [5.41, 5.74) is 2.57. The van der Waals surface area contributed by atoms with Gasteiger partial charge < -0.3 is 10.2 Å². The summed E-state index contributed by atoms with van der Waals surface area (Å²) in [4.78, 5) is 2.18. The fourth-order valence-electron chi connectivity index (χ4n) is 1.40. The van der Waals surface area contributed by atoms with Crippen LogP contribution in [0.5, 0.6) is 0 Å². The zero-order valence-corrected chi connectivity index (χ0v) is 8.75. The Kier molecular flexibility index (Phi) is 4.02. The molecule has 0 bridgehead atoms. The van der Waals surface area contributed by atoms with Gasteiger partial charge in [-0.15, -0.1) is 23.2 Å². The van der Waals surface area contributed by atoms with Crippen LogP contribution < -0.4 is 5.32 Å². The Morgan fingerprint density at radius 1 is 1.33 bits per heavy atom. The summed E-state index contributed by atoms with van der Waals surface area (Å²) in [6.07, 6.45) is 1.84. The zero-order valence-electron chi connectivity index (χ0n) is 7.24. The number of nitrogens with one attached hydrogen (secondary N) is 1. The van der Waals surface area contributed by atoms with Gasteiger partial charge in [0.1, 0.15) is 0 Å². The van der Waals surface area contributed by atoms with Crippen LogP contribution in [-0.2, 0) is 0 Å². The average Bonchev–Trinajstić information content (AvgIpc) is 2.37. The molecule has 0 unspecified atom stereocenters. The Morgan fingerprint density at radius 2 is 2.00 bits per heavy atom. The predicted molar refractivity (Wildman–Crippen MR) is 53.5 cm³/mol. The molecule has 12 heavy (non-hydrogen) atoms. The first-order valence-electron chi connectivity index (χ1n) is 4.08. The molecule has 0 amide bonds. The molecule has 0 aromatic heterocycles. The lowest BCUT2D eigenvalue weighted by Gasteiger charge is -2.13. The topological polar surface area (TPSA) is 15.3 Å². The normalized spacial score (nSPS) is 17.1. The van der Waals surface area contributed by atoms with Crippen molar-refractivity contribution in [3.05, 3.63) is 11.4 Å². The van der Waals surface area contributed by atoms with Crippen LogP contribution in [-0.4, -0.2) is 30.4 Å². The largest absolute Gasteiger partial charge is 0.370 e. The molecule has 0 aromatic rings. The maximum absolute atomic E-state index is 5.69. The maximum Gasteiger partial charge on any atom is 0.0869 e. The van der Waals surface area contributed by atoms with Crippen LogP contribution in [0.4, 0.5) is 0 Å². The maximum atomic E-state index is 5.69. The summed E-state index contributed by atoms with van der Waals surface area (Å²) < 4.78 is 0. The SMILES string of the molecule is CN1CNC(CCCl)=C1CCCl. The van der Waals surface area contributed by atoms with Gasteiger partial charge in [0.2, 0.25) is 0 Å². The van der Waals surface area contributed by atoms with Gasteiger partial charge in [-0.3, -0.25) is 0 Å². The lowest BCUT2D eigenvalue weighted by molar-refractivity contribution is 0.430. The first-order chi connectivity index (χ1) is 5.79. The molecule has 1 N–H and O–H groups in total. The van der Waals surface area contributed by atoms with Crippen LogP contribution in [0.25, 0.3) is 0 Å². The van der Waals surface area contributed by atoms with Crippen molar-refractivity contribution in [2.45, 2.75) is 12.8 Å². The summed E-state index contributed by atoms with van der Waals surface area (Å²) >= 11 is 11.4. The minimum Gasteiger partial charge on any atom is -0.370 e. The predicted octanol–water partition coefficient (Wildman–Crippen LogP) is 1.95. The van der Waals surface area contributed by atoms with Crippen molar-refractivity contribution in [3.63, 3.8) is 0 Å². The number of rotatable bonds is 4. The van der Waals surface area contributed by atoms with Crippen LogP contribution in [0.2, 0.25) is 0 Å². The second kappa shape index (κ2) is 4.83. The third kappa shape index (κ3) is 2.20. The third-order valence-electron chi connectivity index (χ3n) is 2.01. The van der Waals surface area contributed by atoms with Crippen molar-refractivity contribution < 1.29 is 0 Å². The summed E-state index contributed by atoms with van der Waals surface area (Å²) in [6, 6.07) is 0. The molecule has 2 nitrogen and oxygen atoms in total. The molecule has 0 aromatic carbocycles. The number of allylic oxidation sites excluding steroid dienone is 2. The van der Waals surface area contributed by atoms with Crippen molar-refractivity contribution in [3.8, 4) is 0 Å². The minimum atomic E-state index is 0.669. The minimum absolute atomic E-state index is 0.669. The van der Waals surface area contributed by atoms with E-state index in [2.05, 4.69) is 17.3 Å². The summed E-state index contributed by atoms with van der Waals surface area (Å²) in [7, 11) is 2.07. The van der Waals surface area contributed by atoms with Gasteiger partial charge in [0.05, 0.1) is 6.67 Å². The van der Waals surface area contributed by atoms with Gasteiger partial charge >= 0.3 is 0 Å². The summed E-state index contributed by atoms with van der Waals surface area (Å²) in [5, 5.41) is 3.30. The Hall–Kier alpha value is -0.0800. The van der Waals surface area contributed by atoms with Gasteiger partial charge in [0.15, 0.2) is 0 Å². The number of nitrogens with zero attached hydrogens (tertiary/aromatic N) is 1. The fourth-order valence-corrected chi connectivity index (χ4v) is 1.77. The van der Waals surface area contributed by atoms with Gasteiger partial charge in [-0.05, 0) is 0 Å². The number of hydrogen-bond donors (Lipinski definition) is 1. The molecule has 0 spiro atoms. The average molecular weight is 209 g/mol. The van der Waals surface area contributed by atoms with E-state index < -0.39 is 0 Å². The van der Waals surface area contributed by atoms with E-state index in [-0.39, 0.29) is 0 Å². The van der Waals surface area contributed by atoms with Gasteiger partial charge in [-0.25, -0.2) is 0 Å². The molecule has 1 heterocycles. The molecular formula is C8H14Cl2N2. The lowest BCUT2D eigenvalue weighted by atomic mass is 10.2. The van der Waals surface area contributed by atoms with Gasteiger partial charge in [0, 0.05) is 43.0 Å². The van der Waals surface area contributed by atoms with Crippen molar-refractivity contribution in [1.82, 2.24) is 10.2 Å². The van der Waals surface area contributed by atoms with Crippen LogP contribution in [0, 0.1) is 0 Å². The molecular weight excluding hydrogens is 195 g/mol. The molecule has 0 saturated heterocycles. The molecule has 1 aliphatic rings. The Labute approximate surface area is 83.5 Å². The van der Waals surface area contributed by atoms with Gasteiger partial charge in [0.25, 0.3) is 0 Å². The van der Waals surface area contributed by atoms with Gasteiger partial charge in [-0.1, -0.05) is 0 Å². The van der Waals surface area contributed by atoms with Crippen LogP contribution in [0.15, 0.2) is 11.4 Å². The smallest absolute Gasteiger partial charge is 0.0869 e. The second-order valence-electron chi connectivity index (χ2n) is 2.84. The van der Waals surface area contributed by atoms with E-state index >= 15 is 0 Å². The van der Waals surface area contributed by atoms with Crippen LogP contribution in [0.3, 0.4) is 0 Å². The molecule has 70 valence electrons. The van der Waals surface area contributed by atoms with Crippen LogP contribution in [0.1, 0.15) is 12.8 Å². The molecule has 0 atom stereocenters. The monoisotopic (exact) mass is 208 g/mol. The summed E-state index contributed by atoms with van der Waals surface area (Å²) in [5.74, 6) is 1.34. The van der Waals surface area contributed by atoms with E-state index in [0.717, 1.165) is 19.5 Å². The van der Waals surface area contributed by atoms with E-state index in [1.165, 1.54) is 11.4 Å². The standard InChI is InChI=1S/C8H14Cl2N2/c1-12-6-11-7(2-4-9)8(12)3-5-10/h11H,2-6H2,1H3. The number of halogens is 2. The van der Waals surface area contributed by atoms with Crippen molar-refractivity contribution in [2.24, 2.45) is 0 Å². The molecule has 0 radical (unpaired) electrons. The molecule has 0 fully saturated rings. The third-order valence-corrected chi connectivity index (χ3v) is 2.39. The molecule has 1 aliphatic heterocycles. The molecule has 0 aliphatic carbocycles. The highest BCUT2D eigenvalue weighted by atomic mass is 35.5. The van der Waals surface area contributed by atoms with Crippen molar-refractivity contribution in [1.29, 1.82) is 0 Å². The first-order valence-corrected chi connectivity index (χ1v) is 5.15. The highest BCUT2D eigenvalue weighted by Gasteiger charge is 2.16. The van der Waals surface area contributed by atoms with E-state index in [4.69, 9.17) is 23.2 Å². The van der Waals surface area contributed by atoms with Crippen molar-refractivity contribution in [2.75, 3.05) is 25.5 Å². The van der Waals surface area contributed by atoms with E-state index in [0.29, 0.717) is 11.8 Å². The quantitative estimate of drug-likeness (QED) is 0.712. The second-order valence-corrected chi connectivity index (χ2v) is 3.59. The Balaban J connectivity index is 2.61. The number of alkyl halides is 2. The van der Waals surface area contributed by atoms with E-state index in [1.807, 2.05) is 0 Å². The van der Waals surface area contributed by atoms with Crippen molar-refractivity contribution >= 4 is 23.2 Å². The van der Waals surface area contributed by atoms with Gasteiger partial charge in [-0.2, -0.15) is 0 Å². The van der Waals surface area contributed by atoms with Crippen LogP contribution >= 0.6 is 23.2 Å². The first kappa shape index (κ1) is 10.0. The highest BCUT2D eigenvalue weighted by Crippen LogP contribution is 2.19. The molecule has 4 heteroatoms.